The number of nitrogens with two attached hydrogens (primary N) is 1. The van der Waals surface area contributed by atoms with Crippen LogP contribution in [0.2, 0.25) is 0 Å². The number of amides is 1. The molecule has 6 heteroatoms. The van der Waals surface area contributed by atoms with Gasteiger partial charge in [-0.1, -0.05) is 17.7 Å². The molecular weight excluding hydrogens is 356 g/mol. The number of benzene rings is 1. The van der Waals surface area contributed by atoms with E-state index in [1.807, 2.05) is 56.3 Å². The van der Waals surface area contributed by atoms with Crippen molar-refractivity contribution in [2.24, 2.45) is 0 Å². The van der Waals surface area contributed by atoms with E-state index in [1.165, 1.54) is 11.3 Å². The zero-order valence-corrected chi connectivity index (χ0v) is 15.8. The first-order valence-corrected chi connectivity index (χ1v) is 9.32. The number of pyridine rings is 2. The lowest BCUT2D eigenvalue weighted by atomic mass is 10.1. The van der Waals surface area contributed by atoms with E-state index in [0.29, 0.717) is 10.6 Å². The Balaban J connectivity index is 1.69. The fourth-order valence-corrected chi connectivity index (χ4v) is 3.97. The molecule has 3 N–H and O–H groups in total. The molecule has 0 aliphatic rings. The first-order valence-electron chi connectivity index (χ1n) is 8.51. The Labute approximate surface area is 160 Å². The first-order chi connectivity index (χ1) is 13.0. The van der Waals surface area contributed by atoms with E-state index in [2.05, 4.69) is 15.3 Å². The zero-order valence-electron chi connectivity index (χ0n) is 15.0. The molecule has 0 saturated carbocycles. The van der Waals surface area contributed by atoms with Crippen molar-refractivity contribution in [3.8, 4) is 11.3 Å². The molecule has 3 heterocycles. The number of nitrogens with zero attached hydrogens (tertiary/aromatic N) is 2. The van der Waals surface area contributed by atoms with Gasteiger partial charge in [0, 0.05) is 29.0 Å². The number of rotatable bonds is 3. The topological polar surface area (TPSA) is 80.9 Å². The SMILES string of the molecule is Cc1ccc(NC(=O)c2sc3nc(-c4ccncc4)ccc3c2N)c(C)c1. The van der Waals surface area contributed by atoms with Crippen LogP contribution in [-0.2, 0) is 0 Å². The highest BCUT2D eigenvalue weighted by atomic mass is 32.1. The van der Waals surface area contributed by atoms with E-state index >= 15 is 0 Å². The molecule has 4 rings (SSSR count). The van der Waals surface area contributed by atoms with Crippen LogP contribution in [0, 0.1) is 13.8 Å². The predicted octanol–water partition coefficient (Wildman–Crippen LogP) is 4.81. The summed E-state index contributed by atoms with van der Waals surface area (Å²) in [6.07, 6.45) is 3.46. The van der Waals surface area contributed by atoms with Crippen molar-refractivity contribution in [1.29, 1.82) is 0 Å². The smallest absolute Gasteiger partial charge is 0.267 e. The van der Waals surface area contributed by atoms with Gasteiger partial charge in [-0.05, 0) is 49.7 Å². The van der Waals surface area contributed by atoms with Gasteiger partial charge in [-0.15, -0.1) is 11.3 Å². The number of aromatic nitrogens is 2. The number of hydrogen-bond acceptors (Lipinski definition) is 5. The third-order valence-electron chi connectivity index (χ3n) is 4.41. The van der Waals surface area contributed by atoms with Crippen molar-refractivity contribution in [2.75, 3.05) is 11.1 Å². The second kappa shape index (κ2) is 6.81. The number of anilines is 2. The van der Waals surface area contributed by atoms with Crippen LogP contribution in [0.25, 0.3) is 21.5 Å². The first kappa shape index (κ1) is 17.2. The number of nitrogens with one attached hydrogen (secondary N) is 1. The molecule has 0 spiro atoms. The van der Waals surface area contributed by atoms with Crippen molar-refractivity contribution in [3.63, 3.8) is 0 Å². The van der Waals surface area contributed by atoms with Gasteiger partial charge in [-0.25, -0.2) is 4.98 Å². The van der Waals surface area contributed by atoms with Crippen LogP contribution in [0.3, 0.4) is 0 Å². The Hall–Kier alpha value is -3.25. The Morgan fingerprint density at radius 3 is 2.59 bits per heavy atom. The minimum atomic E-state index is -0.215. The van der Waals surface area contributed by atoms with Crippen LogP contribution in [0.4, 0.5) is 11.4 Å². The summed E-state index contributed by atoms with van der Waals surface area (Å²) in [5.74, 6) is -0.215. The molecule has 0 saturated heterocycles. The second-order valence-electron chi connectivity index (χ2n) is 6.40. The zero-order chi connectivity index (χ0) is 19.0. The van der Waals surface area contributed by atoms with Gasteiger partial charge < -0.3 is 11.1 Å². The van der Waals surface area contributed by atoms with Crippen LogP contribution in [0.5, 0.6) is 0 Å². The summed E-state index contributed by atoms with van der Waals surface area (Å²) in [5, 5.41) is 3.75. The number of aryl methyl sites for hydroxylation is 2. The quantitative estimate of drug-likeness (QED) is 0.539. The molecule has 0 radical (unpaired) electrons. The summed E-state index contributed by atoms with van der Waals surface area (Å²) in [5.41, 5.74) is 11.5. The minimum absolute atomic E-state index is 0.215. The fraction of sp³-hybridized carbons (Fsp3) is 0.0952. The number of carbonyl (C=O) groups excluding carboxylic acids is 1. The number of fused-ring (bicyclic) bond motifs is 1. The van der Waals surface area contributed by atoms with E-state index in [9.17, 15) is 4.79 Å². The molecule has 0 bridgehead atoms. The summed E-state index contributed by atoms with van der Waals surface area (Å²) in [7, 11) is 0. The molecule has 0 fully saturated rings. The molecule has 0 aliphatic carbocycles. The fourth-order valence-electron chi connectivity index (χ4n) is 2.98. The molecule has 3 aromatic heterocycles. The molecule has 134 valence electrons. The van der Waals surface area contributed by atoms with Gasteiger partial charge in [-0.2, -0.15) is 0 Å². The Morgan fingerprint density at radius 1 is 1.07 bits per heavy atom. The van der Waals surface area contributed by atoms with Crippen molar-refractivity contribution in [1.82, 2.24) is 9.97 Å². The van der Waals surface area contributed by atoms with Crippen molar-refractivity contribution in [3.05, 3.63) is 70.9 Å². The van der Waals surface area contributed by atoms with Gasteiger partial charge in [-0.3, -0.25) is 9.78 Å². The molecule has 4 aromatic rings. The van der Waals surface area contributed by atoms with Gasteiger partial charge in [0.15, 0.2) is 0 Å². The van der Waals surface area contributed by atoms with Crippen LogP contribution in [0.15, 0.2) is 54.9 Å². The van der Waals surface area contributed by atoms with Gasteiger partial charge in [0.1, 0.15) is 9.71 Å². The Kier molecular flexibility index (Phi) is 4.33. The molecule has 0 unspecified atom stereocenters. The van der Waals surface area contributed by atoms with Gasteiger partial charge in [0.25, 0.3) is 5.91 Å². The minimum Gasteiger partial charge on any atom is -0.397 e. The third-order valence-corrected chi connectivity index (χ3v) is 5.52. The largest absolute Gasteiger partial charge is 0.397 e. The standard InChI is InChI=1S/C21H18N4OS/c1-12-3-5-16(13(2)11-12)24-20(26)19-18(22)15-4-6-17(25-21(15)27-19)14-7-9-23-10-8-14/h3-11H,22H2,1-2H3,(H,24,26). The third kappa shape index (κ3) is 3.27. The lowest BCUT2D eigenvalue weighted by Gasteiger charge is -2.08. The predicted molar refractivity (Wildman–Crippen MR) is 111 cm³/mol. The van der Waals surface area contributed by atoms with Crippen LogP contribution in [-0.4, -0.2) is 15.9 Å². The van der Waals surface area contributed by atoms with E-state index in [-0.39, 0.29) is 5.91 Å². The summed E-state index contributed by atoms with van der Waals surface area (Å²) in [6, 6.07) is 13.5. The molecule has 5 nitrogen and oxygen atoms in total. The number of hydrogen-bond donors (Lipinski definition) is 2. The highest BCUT2D eigenvalue weighted by molar-refractivity contribution is 7.21. The molecule has 0 atom stereocenters. The molecule has 1 amide bonds. The average molecular weight is 374 g/mol. The van der Waals surface area contributed by atoms with E-state index < -0.39 is 0 Å². The number of nitrogen functional groups attached to an aromatic ring is 1. The molecular formula is C21H18N4OS. The molecule has 0 aliphatic heterocycles. The second-order valence-corrected chi connectivity index (χ2v) is 7.40. The van der Waals surface area contributed by atoms with E-state index in [1.54, 1.807) is 12.4 Å². The number of carbonyl (C=O) groups is 1. The maximum atomic E-state index is 12.8. The van der Waals surface area contributed by atoms with Gasteiger partial charge in [0.2, 0.25) is 0 Å². The number of thiophene rings is 1. The summed E-state index contributed by atoms with van der Waals surface area (Å²) in [4.78, 5) is 22.7. The van der Waals surface area contributed by atoms with Crippen LogP contribution < -0.4 is 11.1 Å². The monoisotopic (exact) mass is 374 g/mol. The maximum Gasteiger partial charge on any atom is 0.267 e. The molecule has 1 aromatic carbocycles. The normalized spacial score (nSPS) is 10.9. The van der Waals surface area contributed by atoms with Crippen LogP contribution >= 0.6 is 11.3 Å². The summed E-state index contributed by atoms with van der Waals surface area (Å²) < 4.78 is 0. The lowest BCUT2D eigenvalue weighted by Crippen LogP contribution is -2.12. The Morgan fingerprint density at radius 2 is 1.85 bits per heavy atom. The van der Waals surface area contributed by atoms with Crippen LogP contribution in [0.1, 0.15) is 20.8 Å². The summed E-state index contributed by atoms with van der Waals surface area (Å²) >= 11 is 1.31. The lowest BCUT2D eigenvalue weighted by molar-refractivity contribution is 0.103. The van der Waals surface area contributed by atoms with Crippen molar-refractivity contribution >= 4 is 38.8 Å². The highest BCUT2D eigenvalue weighted by Gasteiger charge is 2.18. The summed E-state index contributed by atoms with van der Waals surface area (Å²) in [6.45, 7) is 3.99. The van der Waals surface area contributed by atoms with E-state index in [0.717, 1.165) is 38.3 Å². The maximum absolute atomic E-state index is 12.8. The van der Waals surface area contributed by atoms with Crippen molar-refractivity contribution in [2.45, 2.75) is 13.8 Å². The highest BCUT2D eigenvalue weighted by Crippen LogP contribution is 2.34. The average Bonchev–Trinajstić information content (AvgIpc) is 3.01. The Bertz CT molecular complexity index is 1150. The molecule has 27 heavy (non-hydrogen) atoms. The van der Waals surface area contributed by atoms with E-state index in [4.69, 9.17) is 5.73 Å². The van der Waals surface area contributed by atoms with Gasteiger partial charge >= 0.3 is 0 Å². The van der Waals surface area contributed by atoms with Crippen molar-refractivity contribution < 1.29 is 4.79 Å². The van der Waals surface area contributed by atoms with Gasteiger partial charge in [0.05, 0.1) is 11.4 Å².